The molecular weight excluding hydrogens is 300 g/mol. The van der Waals surface area contributed by atoms with Crippen LogP contribution in [0.3, 0.4) is 0 Å². The van der Waals surface area contributed by atoms with Gasteiger partial charge in [0, 0.05) is 34.5 Å². The molecule has 21 heavy (non-hydrogen) atoms. The van der Waals surface area contributed by atoms with Crippen LogP contribution in [0.4, 0.5) is 0 Å². The topological polar surface area (TPSA) is 38.9 Å². The van der Waals surface area contributed by atoms with Crippen LogP contribution in [0.25, 0.3) is 10.8 Å². The van der Waals surface area contributed by atoms with Crippen LogP contribution >= 0.6 is 23.4 Å². The van der Waals surface area contributed by atoms with Crippen molar-refractivity contribution in [2.75, 3.05) is 5.75 Å². The quantitative estimate of drug-likeness (QED) is 0.711. The number of rotatable bonds is 4. The third-order valence-corrected chi connectivity index (χ3v) is 5.01. The van der Waals surface area contributed by atoms with Gasteiger partial charge >= 0.3 is 0 Å². The van der Waals surface area contributed by atoms with E-state index < -0.39 is 0 Å². The second-order valence-electron chi connectivity index (χ2n) is 4.79. The fourth-order valence-corrected chi connectivity index (χ4v) is 3.51. The Labute approximate surface area is 133 Å². The first-order chi connectivity index (χ1) is 10.3. The van der Waals surface area contributed by atoms with E-state index in [-0.39, 0.29) is 6.04 Å². The zero-order chi connectivity index (χ0) is 14.7. The molecule has 0 saturated carbocycles. The first-order valence-electron chi connectivity index (χ1n) is 6.71. The molecule has 0 aliphatic heterocycles. The van der Waals surface area contributed by atoms with Gasteiger partial charge in [0.1, 0.15) is 0 Å². The third kappa shape index (κ3) is 3.21. The van der Waals surface area contributed by atoms with Crippen LogP contribution in [0.2, 0.25) is 5.02 Å². The normalized spacial score (nSPS) is 12.5. The Morgan fingerprint density at radius 1 is 1.10 bits per heavy atom. The number of nitrogens with zero attached hydrogens (tertiary/aromatic N) is 1. The molecule has 1 atom stereocenters. The summed E-state index contributed by atoms with van der Waals surface area (Å²) >= 11 is 7.86. The van der Waals surface area contributed by atoms with E-state index in [0.29, 0.717) is 0 Å². The molecule has 1 unspecified atom stereocenters. The van der Waals surface area contributed by atoms with Crippen molar-refractivity contribution >= 4 is 34.1 Å². The van der Waals surface area contributed by atoms with Gasteiger partial charge in [0.05, 0.1) is 5.02 Å². The molecule has 106 valence electrons. The van der Waals surface area contributed by atoms with Crippen LogP contribution in [0.15, 0.2) is 65.8 Å². The van der Waals surface area contributed by atoms with Gasteiger partial charge in [-0.15, -0.1) is 11.8 Å². The fourth-order valence-electron chi connectivity index (χ4n) is 2.29. The molecule has 0 spiro atoms. The Morgan fingerprint density at radius 3 is 2.81 bits per heavy atom. The molecule has 0 aliphatic rings. The molecule has 4 heteroatoms. The van der Waals surface area contributed by atoms with E-state index in [1.807, 2.05) is 42.6 Å². The van der Waals surface area contributed by atoms with Crippen molar-refractivity contribution < 1.29 is 0 Å². The molecular formula is C17H15ClN2S. The summed E-state index contributed by atoms with van der Waals surface area (Å²) in [4.78, 5) is 5.27. The highest BCUT2D eigenvalue weighted by molar-refractivity contribution is 7.99. The first-order valence-corrected chi connectivity index (χ1v) is 8.07. The van der Waals surface area contributed by atoms with Crippen LogP contribution in [0.1, 0.15) is 11.6 Å². The average molecular weight is 315 g/mol. The lowest BCUT2D eigenvalue weighted by Crippen LogP contribution is -2.13. The summed E-state index contributed by atoms with van der Waals surface area (Å²) in [5, 5.41) is 3.06. The predicted octanol–water partition coefficient (Wildman–Crippen LogP) is 4.68. The molecule has 1 heterocycles. The third-order valence-electron chi connectivity index (χ3n) is 3.37. The number of pyridine rings is 1. The van der Waals surface area contributed by atoms with Gasteiger partial charge in [-0.2, -0.15) is 0 Å². The number of fused-ring (bicyclic) bond motifs is 1. The van der Waals surface area contributed by atoms with E-state index in [1.165, 1.54) is 5.39 Å². The Balaban J connectivity index is 1.81. The lowest BCUT2D eigenvalue weighted by atomic mass is 10.0. The van der Waals surface area contributed by atoms with Crippen molar-refractivity contribution in [3.63, 3.8) is 0 Å². The SMILES string of the molecule is NC(CSc1ccccc1Cl)c1cccc2ccncc12. The summed E-state index contributed by atoms with van der Waals surface area (Å²) in [7, 11) is 0. The molecule has 0 radical (unpaired) electrons. The number of hydrogen-bond acceptors (Lipinski definition) is 3. The Morgan fingerprint density at radius 2 is 1.95 bits per heavy atom. The fraction of sp³-hybridized carbons (Fsp3) is 0.118. The molecule has 2 nitrogen and oxygen atoms in total. The average Bonchev–Trinajstić information content (AvgIpc) is 2.53. The monoisotopic (exact) mass is 314 g/mol. The molecule has 0 saturated heterocycles. The standard InChI is InChI=1S/C17H15ClN2S/c18-15-6-1-2-7-17(15)21-11-16(19)13-5-3-4-12-8-9-20-10-14(12)13/h1-10,16H,11,19H2. The highest BCUT2D eigenvalue weighted by Gasteiger charge is 2.11. The van der Waals surface area contributed by atoms with Gasteiger partial charge in [-0.05, 0) is 29.1 Å². The van der Waals surface area contributed by atoms with Gasteiger partial charge in [0.15, 0.2) is 0 Å². The summed E-state index contributed by atoms with van der Waals surface area (Å²) in [6.45, 7) is 0. The van der Waals surface area contributed by atoms with Crippen molar-refractivity contribution in [2.45, 2.75) is 10.9 Å². The Hall–Kier alpha value is -1.55. The lowest BCUT2D eigenvalue weighted by Gasteiger charge is -2.14. The van der Waals surface area contributed by atoms with Gasteiger partial charge in [-0.1, -0.05) is 41.9 Å². The first kappa shape index (κ1) is 14.4. The summed E-state index contributed by atoms with van der Waals surface area (Å²) < 4.78 is 0. The summed E-state index contributed by atoms with van der Waals surface area (Å²) in [6, 6.07) is 16.0. The van der Waals surface area contributed by atoms with Gasteiger partial charge in [0.2, 0.25) is 0 Å². The molecule has 2 aromatic carbocycles. The highest BCUT2D eigenvalue weighted by atomic mass is 35.5. The zero-order valence-electron chi connectivity index (χ0n) is 11.4. The van der Waals surface area contributed by atoms with E-state index in [2.05, 4.69) is 17.1 Å². The Kier molecular flexibility index (Phi) is 4.44. The van der Waals surface area contributed by atoms with Crippen molar-refractivity contribution in [1.82, 2.24) is 4.98 Å². The van der Waals surface area contributed by atoms with Crippen molar-refractivity contribution in [2.24, 2.45) is 5.73 Å². The van der Waals surface area contributed by atoms with Gasteiger partial charge < -0.3 is 5.73 Å². The molecule has 0 fully saturated rings. The Bertz CT molecular complexity index is 755. The van der Waals surface area contributed by atoms with Crippen LogP contribution < -0.4 is 5.73 Å². The molecule has 2 N–H and O–H groups in total. The van der Waals surface area contributed by atoms with Crippen LogP contribution in [0.5, 0.6) is 0 Å². The number of halogens is 1. The van der Waals surface area contributed by atoms with E-state index in [0.717, 1.165) is 26.6 Å². The number of thioether (sulfide) groups is 1. The van der Waals surface area contributed by atoms with E-state index in [1.54, 1.807) is 18.0 Å². The molecule has 1 aromatic heterocycles. The minimum atomic E-state index is -0.0563. The molecule has 3 rings (SSSR count). The van der Waals surface area contributed by atoms with E-state index in [9.17, 15) is 0 Å². The molecule has 3 aromatic rings. The largest absolute Gasteiger partial charge is 0.323 e. The number of hydrogen-bond donors (Lipinski definition) is 1. The van der Waals surface area contributed by atoms with E-state index >= 15 is 0 Å². The number of benzene rings is 2. The predicted molar refractivity (Wildman–Crippen MR) is 90.8 cm³/mol. The van der Waals surface area contributed by atoms with Crippen molar-refractivity contribution in [1.29, 1.82) is 0 Å². The number of nitrogens with two attached hydrogens (primary N) is 1. The maximum absolute atomic E-state index is 6.37. The van der Waals surface area contributed by atoms with E-state index in [4.69, 9.17) is 17.3 Å². The minimum Gasteiger partial charge on any atom is -0.323 e. The van der Waals surface area contributed by atoms with Gasteiger partial charge in [-0.25, -0.2) is 0 Å². The minimum absolute atomic E-state index is 0.0563. The highest BCUT2D eigenvalue weighted by Crippen LogP contribution is 2.31. The second-order valence-corrected chi connectivity index (χ2v) is 6.26. The van der Waals surface area contributed by atoms with Gasteiger partial charge in [0.25, 0.3) is 0 Å². The maximum Gasteiger partial charge on any atom is 0.0541 e. The molecule has 0 aliphatic carbocycles. The smallest absolute Gasteiger partial charge is 0.0541 e. The second kappa shape index (κ2) is 6.48. The van der Waals surface area contributed by atoms with Crippen LogP contribution in [-0.4, -0.2) is 10.7 Å². The van der Waals surface area contributed by atoms with Crippen molar-refractivity contribution in [3.05, 3.63) is 71.5 Å². The molecule has 0 amide bonds. The summed E-state index contributed by atoms with van der Waals surface area (Å²) in [6.07, 6.45) is 3.68. The number of aromatic nitrogens is 1. The van der Waals surface area contributed by atoms with Gasteiger partial charge in [-0.3, -0.25) is 4.98 Å². The summed E-state index contributed by atoms with van der Waals surface area (Å²) in [5.41, 5.74) is 7.49. The maximum atomic E-state index is 6.37. The summed E-state index contributed by atoms with van der Waals surface area (Å²) in [5.74, 6) is 0.776. The zero-order valence-corrected chi connectivity index (χ0v) is 12.9. The van der Waals surface area contributed by atoms with Crippen LogP contribution in [0, 0.1) is 0 Å². The molecule has 0 bridgehead atoms. The van der Waals surface area contributed by atoms with Crippen LogP contribution in [-0.2, 0) is 0 Å². The lowest BCUT2D eigenvalue weighted by molar-refractivity contribution is 0.839. The van der Waals surface area contributed by atoms with Crippen molar-refractivity contribution in [3.8, 4) is 0 Å².